The first-order valence-corrected chi connectivity index (χ1v) is 5.04. The molecule has 1 aromatic rings. The van der Waals surface area contributed by atoms with Gasteiger partial charge in [0, 0.05) is 17.1 Å². The maximum atomic E-state index is 10.4. The summed E-state index contributed by atoms with van der Waals surface area (Å²) in [5.74, 6) is 0.310. The molecule has 5 heteroatoms. The summed E-state index contributed by atoms with van der Waals surface area (Å²) in [5, 5.41) is 12.1. The SMILES string of the molecule is CC(CSCc1cnoc1)C(=O)O. The molecule has 1 atom stereocenters. The van der Waals surface area contributed by atoms with Gasteiger partial charge < -0.3 is 9.63 Å². The fourth-order valence-electron chi connectivity index (χ4n) is 0.723. The molecule has 0 saturated carbocycles. The number of hydrogen-bond acceptors (Lipinski definition) is 4. The van der Waals surface area contributed by atoms with E-state index >= 15 is 0 Å². The molecule has 0 saturated heterocycles. The second kappa shape index (κ2) is 4.91. The first-order chi connectivity index (χ1) is 6.20. The van der Waals surface area contributed by atoms with E-state index in [1.54, 1.807) is 31.1 Å². The highest BCUT2D eigenvalue weighted by Gasteiger charge is 2.10. The molecule has 1 unspecified atom stereocenters. The molecule has 0 aromatic carbocycles. The first-order valence-electron chi connectivity index (χ1n) is 3.89. The Kier molecular flexibility index (Phi) is 3.82. The molecule has 1 heterocycles. The van der Waals surface area contributed by atoms with Crippen LogP contribution in [0.1, 0.15) is 12.5 Å². The lowest BCUT2D eigenvalue weighted by Gasteiger charge is -2.03. The Morgan fingerprint density at radius 2 is 2.62 bits per heavy atom. The molecule has 0 fully saturated rings. The normalized spacial score (nSPS) is 12.7. The van der Waals surface area contributed by atoms with Crippen LogP contribution in [0.2, 0.25) is 0 Å². The minimum Gasteiger partial charge on any atom is -0.481 e. The third kappa shape index (κ3) is 3.50. The highest BCUT2D eigenvalue weighted by Crippen LogP contribution is 2.14. The van der Waals surface area contributed by atoms with Crippen molar-refractivity contribution in [2.24, 2.45) is 5.92 Å². The van der Waals surface area contributed by atoms with Crippen LogP contribution >= 0.6 is 11.8 Å². The van der Waals surface area contributed by atoms with Gasteiger partial charge in [-0.05, 0) is 0 Å². The molecule has 0 spiro atoms. The maximum absolute atomic E-state index is 10.4. The summed E-state index contributed by atoms with van der Waals surface area (Å²) >= 11 is 1.57. The summed E-state index contributed by atoms with van der Waals surface area (Å²) in [5.41, 5.74) is 0.989. The van der Waals surface area contributed by atoms with Gasteiger partial charge >= 0.3 is 5.97 Å². The van der Waals surface area contributed by atoms with Crippen molar-refractivity contribution in [1.29, 1.82) is 0 Å². The molecule has 0 aliphatic carbocycles. The third-order valence-corrected chi connectivity index (χ3v) is 2.81. The van der Waals surface area contributed by atoms with Crippen LogP contribution in [0, 0.1) is 5.92 Å². The minimum atomic E-state index is -0.752. The molecule has 0 radical (unpaired) electrons. The summed E-state index contributed by atoms with van der Waals surface area (Å²) < 4.78 is 4.64. The smallest absolute Gasteiger partial charge is 0.307 e. The monoisotopic (exact) mass is 201 g/mol. The molecule has 1 aromatic heterocycles. The van der Waals surface area contributed by atoms with Crippen LogP contribution < -0.4 is 0 Å². The van der Waals surface area contributed by atoms with Crippen molar-refractivity contribution in [1.82, 2.24) is 5.16 Å². The van der Waals surface area contributed by atoms with E-state index in [-0.39, 0.29) is 5.92 Å². The highest BCUT2D eigenvalue weighted by molar-refractivity contribution is 7.98. The van der Waals surface area contributed by atoms with E-state index in [2.05, 4.69) is 9.68 Å². The summed E-state index contributed by atoms with van der Waals surface area (Å²) in [4.78, 5) is 10.4. The average molecular weight is 201 g/mol. The van der Waals surface area contributed by atoms with Gasteiger partial charge in [-0.2, -0.15) is 11.8 Å². The van der Waals surface area contributed by atoms with E-state index in [0.717, 1.165) is 11.3 Å². The molecular weight excluding hydrogens is 190 g/mol. The Morgan fingerprint density at radius 1 is 1.85 bits per heavy atom. The number of carboxylic acids is 1. The number of thioether (sulfide) groups is 1. The largest absolute Gasteiger partial charge is 0.481 e. The van der Waals surface area contributed by atoms with E-state index < -0.39 is 5.97 Å². The minimum absolute atomic E-state index is 0.301. The Balaban J connectivity index is 2.18. The molecule has 0 aliphatic rings. The Bertz CT molecular complexity index is 260. The molecule has 4 nitrogen and oxygen atoms in total. The van der Waals surface area contributed by atoms with Crippen LogP contribution in [0.4, 0.5) is 0 Å². The third-order valence-electron chi connectivity index (χ3n) is 1.54. The van der Waals surface area contributed by atoms with Crippen molar-refractivity contribution in [3.05, 3.63) is 18.0 Å². The summed E-state index contributed by atoms with van der Waals surface area (Å²) in [6.07, 6.45) is 3.21. The Morgan fingerprint density at radius 3 is 3.15 bits per heavy atom. The number of nitrogens with zero attached hydrogens (tertiary/aromatic N) is 1. The van der Waals surface area contributed by atoms with Crippen molar-refractivity contribution in [3.8, 4) is 0 Å². The zero-order chi connectivity index (χ0) is 9.68. The number of hydrogen-bond donors (Lipinski definition) is 1. The second-order valence-electron chi connectivity index (χ2n) is 2.79. The number of carboxylic acid groups (broad SMARTS) is 1. The van der Waals surface area contributed by atoms with Gasteiger partial charge in [-0.3, -0.25) is 4.79 Å². The summed E-state index contributed by atoms with van der Waals surface area (Å²) in [6, 6.07) is 0. The van der Waals surface area contributed by atoms with Gasteiger partial charge in [0.15, 0.2) is 0 Å². The zero-order valence-corrected chi connectivity index (χ0v) is 8.08. The topological polar surface area (TPSA) is 63.3 Å². The molecule has 72 valence electrons. The van der Waals surface area contributed by atoms with Crippen LogP contribution in [0.3, 0.4) is 0 Å². The van der Waals surface area contributed by atoms with Gasteiger partial charge in [-0.15, -0.1) is 0 Å². The van der Waals surface area contributed by atoms with Gasteiger partial charge in [-0.1, -0.05) is 12.1 Å². The van der Waals surface area contributed by atoms with E-state index in [9.17, 15) is 4.79 Å². The molecular formula is C8H11NO3S. The van der Waals surface area contributed by atoms with Crippen molar-refractivity contribution in [2.45, 2.75) is 12.7 Å². The summed E-state index contributed by atoms with van der Waals surface area (Å²) in [7, 11) is 0. The van der Waals surface area contributed by atoms with Crippen molar-refractivity contribution >= 4 is 17.7 Å². The van der Waals surface area contributed by atoms with Crippen LogP contribution in [0.15, 0.2) is 17.0 Å². The first kappa shape index (κ1) is 10.1. The lowest BCUT2D eigenvalue weighted by molar-refractivity contribution is -0.140. The van der Waals surface area contributed by atoms with E-state index in [0.29, 0.717) is 5.75 Å². The zero-order valence-electron chi connectivity index (χ0n) is 7.27. The predicted octanol–water partition coefficient (Wildman–Crippen LogP) is 1.63. The van der Waals surface area contributed by atoms with Crippen LogP contribution in [0.5, 0.6) is 0 Å². The Hall–Kier alpha value is -0.970. The lowest BCUT2D eigenvalue weighted by atomic mass is 10.2. The van der Waals surface area contributed by atoms with Crippen molar-refractivity contribution in [2.75, 3.05) is 5.75 Å². The number of carbonyl (C=O) groups is 1. The maximum Gasteiger partial charge on any atom is 0.307 e. The van der Waals surface area contributed by atoms with E-state index in [4.69, 9.17) is 5.11 Å². The fourth-order valence-corrected chi connectivity index (χ4v) is 1.72. The lowest BCUT2D eigenvalue weighted by Crippen LogP contribution is -2.11. The average Bonchev–Trinajstić information content (AvgIpc) is 2.56. The Labute approximate surface area is 80.3 Å². The predicted molar refractivity (Wildman–Crippen MR) is 49.5 cm³/mol. The molecule has 0 bridgehead atoms. The number of rotatable bonds is 5. The molecule has 0 aliphatic heterocycles. The van der Waals surface area contributed by atoms with Gasteiger partial charge in [0.1, 0.15) is 6.26 Å². The van der Waals surface area contributed by atoms with Gasteiger partial charge in [0.2, 0.25) is 0 Å². The second-order valence-corrected chi connectivity index (χ2v) is 3.82. The van der Waals surface area contributed by atoms with Gasteiger partial charge in [0.05, 0.1) is 12.1 Å². The highest BCUT2D eigenvalue weighted by atomic mass is 32.2. The van der Waals surface area contributed by atoms with Crippen molar-refractivity contribution in [3.63, 3.8) is 0 Å². The fraction of sp³-hybridized carbons (Fsp3) is 0.500. The molecule has 0 amide bonds. The van der Waals surface area contributed by atoms with Gasteiger partial charge in [0.25, 0.3) is 0 Å². The summed E-state index contributed by atoms with van der Waals surface area (Å²) in [6.45, 7) is 1.70. The van der Waals surface area contributed by atoms with Crippen LogP contribution in [-0.2, 0) is 10.5 Å². The molecule has 13 heavy (non-hydrogen) atoms. The van der Waals surface area contributed by atoms with E-state index in [1.165, 1.54) is 0 Å². The standard InChI is InChI=1S/C8H11NO3S/c1-6(8(10)11)4-13-5-7-2-9-12-3-7/h2-3,6H,4-5H2,1H3,(H,10,11). The molecule has 1 N–H and O–H groups in total. The van der Waals surface area contributed by atoms with Gasteiger partial charge in [-0.25, -0.2) is 0 Å². The van der Waals surface area contributed by atoms with E-state index in [1.807, 2.05) is 0 Å². The molecule has 1 rings (SSSR count). The van der Waals surface area contributed by atoms with Crippen LogP contribution in [0.25, 0.3) is 0 Å². The number of aromatic nitrogens is 1. The van der Waals surface area contributed by atoms with Crippen LogP contribution in [-0.4, -0.2) is 22.0 Å². The van der Waals surface area contributed by atoms with Crippen molar-refractivity contribution < 1.29 is 14.4 Å². The quantitative estimate of drug-likeness (QED) is 0.784. The number of aliphatic carboxylic acids is 1.